The second-order valence-electron chi connectivity index (χ2n) is 6.31. The van der Waals surface area contributed by atoms with Crippen molar-refractivity contribution in [2.45, 2.75) is 6.54 Å². The predicted octanol–water partition coefficient (Wildman–Crippen LogP) is 4.69. The third kappa shape index (κ3) is 2.62. The molecule has 0 atom stereocenters. The van der Waals surface area contributed by atoms with Crippen molar-refractivity contribution in [3.63, 3.8) is 0 Å². The van der Waals surface area contributed by atoms with Crippen molar-refractivity contribution in [2.24, 2.45) is 0 Å². The third-order valence-corrected chi connectivity index (χ3v) is 4.55. The Bertz CT molecular complexity index is 1210. The van der Waals surface area contributed by atoms with Gasteiger partial charge in [0.15, 0.2) is 5.65 Å². The summed E-state index contributed by atoms with van der Waals surface area (Å²) >= 11 is 0. The van der Waals surface area contributed by atoms with Gasteiger partial charge in [0.2, 0.25) is 0 Å². The van der Waals surface area contributed by atoms with Crippen LogP contribution in [0.3, 0.4) is 0 Å². The van der Waals surface area contributed by atoms with Crippen molar-refractivity contribution in [2.75, 3.05) is 0 Å². The van der Waals surface area contributed by atoms with Crippen molar-refractivity contribution < 1.29 is 0 Å². The molecule has 0 radical (unpaired) electrons. The molecule has 124 valence electrons. The van der Waals surface area contributed by atoms with Crippen molar-refractivity contribution in [3.8, 4) is 11.3 Å². The Labute approximate surface area is 150 Å². The first-order chi connectivity index (χ1) is 12.9. The fraction of sp³-hybridized carbons (Fsp3) is 0.0455. The highest BCUT2D eigenvalue weighted by Gasteiger charge is 2.06. The fourth-order valence-electron chi connectivity index (χ4n) is 3.25. The monoisotopic (exact) mass is 336 g/mol. The number of rotatable bonds is 3. The highest BCUT2D eigenvalue weighted by atomic mass is 15.1. The summed E-state index contributed by atoms with van der Waals surface area (Å²) in [6.45, 7) is 0.740. The molecular formula is C22H16N4. The minimum absolute atomic E-state index is 0.740. The van der Waals surface area contributed by atoms with E-state index in [2.05, 4.69) is 57.0 Å². The van der Waals surface area contributed by atoms with E-state index in [0.717, 1.165) is 39.9 Å². The van der Waals surface area contributed by atoms with Crippen LogP contribution in [-0.4, -0.2) is 19.5 Å². The lowest BCUT2D eigenvalue weighted by molar-refractivity contribution is 0.815. The van der Waals surface area contributed by atoms with Crippen LogP contribution < -0.4 is 0 Å². The van der Waals surface area contributed by atoms with Gasteiger partial charge in [-0.05, 0) is 35.9 Å². The molecule has 0 N–H and O–H groups in total. The van der Waals surface area contributed by atoms with Crippen molar-refractivity contribution in [3.05, 3.63) is 90.9 Å². The highest BCUT2D eigenvalue weighted by Crippen LogP contribution is 2.22. The topological polar surface area (TPSA) is 43.6 Å². The van der Waals surface area contributed by atoms with Gasteiger partial charge >= 0.3 is 0 Å². The van der Waals surface area contributed by atoms with E-state index in [1.165, 1.54) is 5.56 Å². The lowest BCUT2D eigenvalue weighted by atomic mass is 10.1. The molecule has 4 heteroatoms. The Morgan fingerprint density at radius 1 is 0.769 bits per heavy atom. The molecule has 5 rings (SSSR count). The fourth-order valence-corrected chi connectivity index (χ4v) is 3.25. The van der Waals surface area contributed by atoms with E-state index >= 15 is 0 Å². The van der Waals surface area contributed by atoms with Crippen LogP contribution in [0.1, 0.15) is 5.56 Å². The van der Waals surface area contributed by atoms with Gasteiger partial charge in [0.1, 0.15) is 5.52 Å². The minimum Gasteiger partial charge on any atom is -0.311 e. The molecule has 0 saturated carbocycles. The van der Waals surface area contributed by atoms with Crippen LogP contribution in [0, 0.1) is 0 Å². The molecule has 0 amide bonds. The molecule has 3 heterocycles. The second-order valence-corrected chi connectivity index (χ2v) is 6.31. The first-order valence-corrected chi connectivity index (χ1v) is 8.58. The van der Waals surface area contributed by atoms with E-state index in [0.29, 0.717) is 0 Å². The number of nitrogens with zero attached hydrogens (tertiary/aromatic N) is 4. The second kappa shape index (κ2) is 6.08. The van der Waals surface area contributed by atoms with Crippen LogP contribution in [0.2, 0.25) is 0 Å². The first-order valence-electron chi connectivity index (χ1n) is 8.58. The summed E-state index contributed by atoms with van der Waals surface area (Å²) in [5.41, 5.74) is 6.16. The molecule has 0 aliphatic heterocycles. The normalized spacial score (nSPS) is 11.2. The summed E-state index contributed by atoms with van der Waals surface area (Å²) in [6, 6.07) is 24.8. The zero-order chi connectivity index (χ0) is 17.3. The van der Waals surface area contributed by atoms with E-state index in [1.807, 2.05) is 36.7 Å². The zero-order valence-corrected chi connectivity index (χ0v) is 14.1. The summed E-state index contributed by atoms with van der Waals surface area (Å²) in [7, 11) is 0. The van der Waals surface area contributed by atoms with Gasteiger partial charge in [-0.1, -0.05) is 42.5 Å². The van der Waals surface area contributed by atoms with Crippen LogP contribution in [0.25, 0.3) is 33.3 Å². The molecule has 0 aliphatic rings. The number of benzene rings is 2. The zero-order valence-electron chi connectivity index (χ0n) is 14.1. The number of fused-ring (bicyclic) bond motifs is 2. The summed E-state index contributed by atoms with van der Waals surface area (Å²) < 4.78 is 2.07. The highest BCUT2D eigenvalue weighted by molar-refractivity contribution is 5.82. The molecule has 0 bridgehead atoms. The van der Waals surface area contributed by atoms with Crippen LogP contribution in [-0.2, 0) is 6.54 Å². The maximum Gasteiger partial charge on any atom is 0.160 e. The van der Waals surface area contributed by atoms with Crippen LogP contribution >= 0.6 is 0 Å². The Morgan fingerprint density at radius 3 is 2.62 bits per heavy atom. The maximum absolute atomic E-state index is 4.80. The molecule has 26 heavy (non-hydrogen) atoms. The summed E-state index contributed by atoms with van der Waals surface area (Å²) in [5.74, 6) is 0. The van der Waals surface area contributed by atoms with Gasteiger partial charge in [0.05, 0.1) is 24.1 Å². The van der Waals surface area contributed by atoms with Crippen LogP contribution in [0.4, 0.5) is 0 Å². The molecule has 0 saturated heterocycles. The summed E-state index contributed by atoms with van der Waals surface area (Å²) in [4.78, 5) is 13.6. The van der Waals surface area contributed by atoms with Gasteiger partial charge in [-0.15, -0.1) is 0 Å². The molecule has 2 aromatic carbocycles. The molecule has 0 unspecified atom stereocenters. The smallest absolute Gasteiger partial charge is 0.160 e. The number of aromatic nitrogens is 4. The van der Waals surface area contributed by atoms with Crippen LogP contribution in [0.5, 0.6) is 0 Å². The van der Waals surface area contributed by atoms with Crippen molar-refractivity contribution >= 4 is 22.1 Å². The maximum atomic E-state index is 4.80. The Morgan fingerprint density at radius 2 is 1.69 bits per heavy atom. The van der Waals surface area contributed by atoms with Gasteiger partial charge in [0.25, 0.3) is 0 Å². The van der Waals surface area contributed by atoms with Crippen molar-refractivity contribution in [1.82, 2.24) is 19.5 Å². The lowest BCUT2D eigenvalue weighted by Crippen LogP contribution is -1.99. The number of imidazole rings is 1. The van der Waals surface area contributed by atoms with Gasteiger partial charge in [0, 0.05) is 17.1 Å². The average molecular weight is 336 g/mol. The van der Waals surface area contributed by atoms with Gasteiger partial charge in [-0.3, -0.25) is 0 Å². The van der Waals surface area contributed by atoms with E-state index in [-0.39, 0.29) is 0 Å². The molecular weight excluding hydrogens is 320 g/mol. The predicted molar refractivity (Wildman–Crippen MR) is 104 cm³/mol. The Hall–Kier alpha value is -3.53. The number of hydrogen-bond acceptors (Lipinski definition) is 3. The standard InChI is InChI=1S/C22H16N4/c1-2-5-17(6-3-1)19-11-9-18-13-16(8-10-20(18)25-19)14-26-15-24-21-7-4-12-23-22(21)26/h1-13,15H,14H2. The van der Waals surface area contributed by atoms with Crippen LogP contribution in [0.15, 0.2) is 85.3 Å². The van der Waals surface area contributed by atoms with E-state index in [4.69, 9.17) is 4.98 Å². The van der Waals surface area contributed by atoms with Crippen molar-refractivity contribution in [1.29, 1.82) is 0 Å². The molecule has 5 aromatic rings. The first kappa shape index (κ1) is 14.8. The Kier molecular flexibility index (Phi) is 3.46. The summed E-state index contributed by atoms with van der Waals surface area (Å²) in [6.07, 6.45) is 3.65. The largest absolute Gasteiger partial charge is 0.311 e. The molecule has 0 spiro atoms. The van der Waals surface area contributed by atoms with E-state index < -0.39 is 0 Å². The molecule has 3 aromatic heterocycles. The quantitative estimate of drug-likeness (QED) is 0.480. The van der Waals surface area contributed by atoms with Gasteiger partial charge < -0.3 is 4.57 Å². The van der Waals surface area contributed by atoms with E-state index in [9.17, 15) is 0 Å². The average Bonchev–Trinajstić information content (AvgIpc) is 3.11. The number of pyridine rings is 2. The molecule has 0 fully saturated rings. The van der Waals surface area contributed by atoms with Gasteiger partial charge in [-0.2, -0.15) is 0 Å². The third-order valence-electron chi connectivity index (χ3n) is 4.55. The van der Waals surface area contributed by atoms with E-state index in [1.54, 1.807) is 6.20 Å². The minimum atomic E-state index is 0.740. The van der Waals surface area contributed by atoms with Gasteiger partial charge in [-0.25, -0.2) is 15.0 Å². The molecule has 0 aliphatic carbocycles. The SMILES string of the molecule is c1ccc(-c2ccc3cc(Cn4cnc5cccnc54)ccc3n2)cc1. The molecule has 4 nitrogen and oxygen atoms in total. The lowest BCUT2D eigenvalue weighted by Gasteiger charge is -2.07. The number of hydrogen-bond donors (Lipinski definition) is 0. The Balaban J connectivity index is 1.50. The summed E-state index contributed by atoms with van der Waals surface area (Å²) in [5, 5.41) is 1.14.